The van der Waals surface area contributed by atoms with Crippen molar-refractivity contribution in [3.63, 3.8) is 0 Å². The predicted molar refractivity (Wildman–Crippen MR) is 64.6 cm³/mol. The number of fused-ring (bicyclic) bond motifs is 1. The molecule has 2 rings (SSSR count). The second kappa shape index (κ2) is 4.24. The highest BCUT2D eigenvalue weighted by Gasteiger charge is 2.03. The second-order valence-corrected chi connectivity index (χ2v) is 4.59. The van der Waals surface area contributed by atoms with Crippen LogP contribution in [0.4, 0.5) is 0 Å². The molecule has 0 bridgehead atoms. The lowest BCUT2D eigenvalue weighted by Gasteiger charge is -2.04. The highest BCUT2D eigenvalue weighted by atomic mass is 79.9. The van der Waals surface area contributed by atoms with Gasteiger partial charge in [0.1, 0.15) is 5.82 Å². The Bertz CT molecular complexity index is 482. The number of rotatable bonds is 2. The summed E-state index contributed by atoms with van der Waals surface area (Å²) in [4.78, 5) is 8.73. The van der Waals surface area contributed by atoms with E-state index >= 15 is 0 Å². The molecule has 0 spiro atoms. The summed E-state index contributed by atoms with van der Waals surface area (Å²) in [5.74, 6) is 0.801. The Morgan fingerprint density at radius 1 is 1.47 bits per heavy atom. The van der Waals surface area contributed by atoms with Crippen LogP contribution >= 0.6 is 15.9 Å². The summed E-state index contributed by atoms with van der Waals surface area (Å²) in [7, 11) is 0. The number of benzene rings is 1. The van der Waals surface area contributed by atoms with Crippen molar-refractivity contribution in [3.05, 3.63) is 34.7 Å². The maximum absolute atomic E-state index is 5.71. The van der Waals surface area contributed by atoms with Gasteiger partial charge in [-0.1, -0.05) is 22.0 Å². The molecule has 0 amide bonds. The summed E-state index contributed by atoms with van der Waals surface area (Å²) in [6.45, 7) is 1.95. The van der Waals surface area contributed by atoms with Crippen molar-refractivity contribution in [2.75, 3.05) is 0 Å². The fourth-order valence-electron chi connectivity index (χ4n) is 1.42. The molecular formula is C11H12BrN3. The van der Waals surface area contributed by atoms with Crippen LogP contribution in [0.5, 0.6) is 0 Å². The minimum atomic E-state index is 0.0922. The van der Waals surface area contributed by atoms with Crippen molar-refractivity contribution < 1.29 is 0 Å². The molecule has 0 aliphatic carbocycles. The molecular weight excluding hydrogens is 254 g/mol. The minimum absolute atomic E-state index is 0.0922. The number of nitrogens with two attached hydrogens (primary N) is 1. The molecule has 1 unspecified atom stereocenters. The monoisotopic (exact) mass is 265 g/mol. The van der Waals surface area contributed by atoms with E-state index in [-0.39, 0.29) is 6.04 Å². The van der Waals surface area contributed by atoms with Gasteiger partial charge >= 0.3 is 0 Å². The fourth-order valence-corrected chi connectivity index (χ4v) is 1.77. The maximum Gasteiger partial charge on any atom is 0.130 e. The molecule has 0 saturated carbocycles. The first kappa shape index (κ1) is 10.5. The van der Waals surface area contributed by atoms with Gasteiger partial charge in [0.05, 0.1) is 5.52 Å². The zero-order chi connectivity index (χ0) is 10.8. The zero-order valence-corrected chi connectivity index (χ0v) is 10.0. The van der Waals surface area contributed by atoms with E-state index in [1.54, 1.807) is 0 Å². The number of hydrogen-bond donors (Lipinski definition) is 1. The van der Waals surface area contributed by atoms with Crippen molar-refractivity contribution in [1.29, 1.82) is 0 Å². The second-order valence-electron chi connectivity index (χ2n) is 3.67. The van der Waals surface area contributed by atoms with Gasteiger partial charge in [-0.2, -0.15) is 0 Å². The van der Waals surface area contributed by atoms with Gasteiger partial charge in [-0.05, 0) is 19.1 Å². The van der Waals surface area contributed by atoms with Crippen LogP contribution in [0.15, 0.2) is 28.9 Å². The lowest BCUT2D eigenvalue weighted by molar-refractivity contribution is 0.705. The Labute approximate surface area is 96.9 Å². The summed E-state index contributed by atoms with van der Waals surface area (Å²) >= 11 is 3.42. The Hall–Kier alpha value is -1.00. The normalized spacial score (nSPS) is 13.0. The largest absolute Gasteiger partial charge is 0.328 e. The number of nitrogens with zero attached hydrogens (tertiary/aromatic N) is 2. The highest BCUT2D eigenvalue weighted by Crippen LogP contribution is 2.17. The molecule has 2 N–H and O–H groups in total. The molecule has 4 heteroatoms. The summed E-state index contributed by atoms with van der Waals surface area (Å²) < 4.78 is 1.03. The first-order chi connectivity index (χ1) is 7.15. The molecule has 0 aliphatic heterocycles. The maximum atomic E-state index is 5.71. The lowest BCUT2D eigenvalue weighted by atomic mass is 10.2. The van der Waals surface area contributed by atoms with E-state index in [9.17, 15) is 0 Å². The summed E-state index contributed by atoms with van der Waals surface area (Å²) in [5.41, 5.74) is 6.66. The van der Waals surface area contributed by atoms with Crippen molar-refractivity contribution in [2.24, 2.45) is 5.73 Å². The van der Waals surface area contributed by atoms with Crippen LogP contribution in [0.25, 0.3) is 10.9 Å². The van der Waals surface area contributed by atoms with Gasteiger partial charge in [0, 0.05) is 28.5 Å². The standard InChI is InChI=1S/C11H12BrN3/c1-7(13)4-11-14-6-8-2-3-9(12)5-10(8)15-11/h2-3,5-7H,4,13H2,1H3. The zero-order valence-electron chi connectivity index (χ0n) is 8.44. The van der Waals surface area contributed by atoms with E-state index in [0.29, 0.717) is 6.42 Å². The molecule has 2 aromatic rings. The third-order valence-corrected chi connectivity index (χ3v) is 2.59. The molecule has 0 fully saturated rings. The lowest BCUT2D eigenvalue weighted by Crippen LogP contribution is -2.19. The van der Waals surface area contributed by atoms with Crippen LogP contribution < -0.4 is 5.73 Å². The van der Waals surface area contributed by atoms with Crippen LogP contribution in [0, 0.1) is 0 Å². The van der Waals surface area contributed by atoms with Crippen LogP contribution in [-0.2, 0) is 6.42 Å². The van der Waals surface area contributed by atoms with Gasteiger partial charge in [-0.3, -0.25) is 0 Å². The van der Waals surface area contributed by atoms with E-state index in [1.807, 2.05) is 31.3 Å². The third-order valence-electron chi connectivity index (χ3n) is 2.10. The van der Waals surface area contributed by atoms with Gasteiger partial charge in [0.25, 0.3) is 0 Å². The molecule has 15 heavy (non-hydrogen) atoms. The molecule has 1 atom stereocenters. The SMILES string of the molecule is CC(N)Cc1ncc2ccc(Br)cc2n1. The van der Waals surface area contributed by atoms with Crippen molar-refractivity contribution in [2.45, 2.75) is 19.4 Å². The van der Waals surface area contributed by atoms with Gasteiger partial charge in [-0.15, -0.1) is 0 Å². The van der Waals surface area contributed by atoms with E-state index in [2.05, 4.69) is 25.9 Å². The highest BCUT2D eigenvalue weighted by molar-refractivity contribution is 9.10. The Morgan fingerprint density at radius 2 is 2.27 bits per heavy atom. The Morgan fingerprint density at radius 3 is 3.00 bits per heavy atom. The van der Waals surface area contributed by atoms with Crippen molar-refractivity contribution in [3.8, 4) is 0 Å². The summed E-state index contributed by atoms with van der Waals surface area (Å²) in [6, 6.07) is 6.06. The third kappa shape index (κ3) is 2.52. The quantitative estimate of drug-likeness (QED) is 0.907. The van der Waals surface area contributed by atoms with Crippen LogP contribution in [-0.4, -0.2) is 16.0 Å². The number of hydrogen-bond acceptors (Lipinski definition) is 3. The van der Waals surface area contributed by atoms with E-state index < -0.39 is 0 Å². The topological polar surface area (TPSA) is 51.8 Å². The van der Waals surface area contributed by atoms with Crippen molar-refractivity contribution >= 4 is 26.8 Å². The van der Waals surface area contributed by atoms with Crippen LogP contribution in [0.3, 0.4) is 0 Å². The smallest absolute Gasteiger partial charge is 0.130 e. The number of aromatic nitrogens is 2. The van der Waals surface area contributed by atoms with Crippen molar-refractivity contribution in [1.82, 2.24) is 9.97 Å². The molecule has 1 aromatic heterocycles. The molecule has 0 radical (unpaired) electrons. The molecule has 0 aliphatic rings. The van der Waals surface area contributed by atoms with Crippen LogP contribution in [0.1, 0.15) is 12.7 Å². The first-order valence-electron chi connectivity index (χ1n) is 4.82. The summed E-state index contributed by atoms with van der Waals surface area (Å²) in [5, 5.41) is 1.05. The van der Waals surface area contributed by atoms with Crippen LogP contribution in [0.2, 0.25) is 0 Å². The van der Waals surface area contributed by atoms with Gasteiger partial charge in [0.15, 0.2) is 0 Å². The molecule has 1 heterocycles. The van der Waals surface area contributed by atoms with E-state index in [4.69, 9.17) is 5.73 Å². The molecule has 78 valence electrons. The van der Waals surface area contributed by atoms with E-state index in [1.165, 1.54) is 0 Å². The van der Waals surface area contributed by atoms with E-state index in [0.717, 1.165) is 21.2 Å². The minimum Gasteiger partial charge on any atom is -0.328 e. The fraction of sp³-hybridized carbons (Fsp3) is 0.273. The molecule has 3 nitrogen and oxygen atoms in total. The number of halogens is 1. The van der Waals surface area contributed by atoms with Gasteiger partial charge in [0.2, 0.25) is 0 Å². The average molecular weight is 266 g/mol. The Balaban J connectivity index is 2.45. The Kier molecular flexibility index (Phi) is 2.98. The van der Waals surface area contributed by atoms with Gasteiger partial charge < -0.3 is 5.73 Å². The first-order valence-corrected chi connectivity index (χ1v) is 5.61. The van der Waals surface area contributed by atoms with Gasteiger partial charge in [-0.25, -0.2) is 9.97 Å². The summed E-state index contributed by atoms with van der Waals surface area (Å²) in [6.07, 6.45) is 2.55. The molecule has 0 saturated heterocycles. The average Bonchev–Trinajstić information content (AvgIpc) is 2.16. The molecule has 1 aromatic carbocycles. The predicted octanol–water partition coefficient (Wildman–Crippen LogP) is 2.28.